The zero-order valence-electron chi connectivity index (χ0n) is 16.4. The Hall–Kier alpha value is -2.70. The molecule has 0 unspecified atom stereocenters. The van der Waals surface area contributed by atoms with Crippen LogP contribution < -0.4 is 10.6 Å². The summed E-state index contributed by atoms with van der Waals surface area (Å²) in [4.78, 5) is 13.0. The maximum atomic E-state index is 8.92. The van der Waals surface area contributed by atoms with E-state index in [0.29, 0.717) is 30.5 Å². The second-order valence-corrected chi connectivity index (χ2v) is 8.83. The zero-order chi connectivity index (χ0) is 19.8. The van der Waals surface area contributed by atoms with Gasteiger partial charge in [0.2, 0.25) is 5.95 Å². The molecule has 3 atom stereocenters. The highest BCUT2D eigenvalue weighted by Crippen LogP contribution is 2.37. The summed E-state index contributed by atoms with van der Waals surface area (Å²) in [6, 6.07) is 7.78. The fourth-order valence-electron chi connectivity index (χ4n) is 4.74. The van der Waals surface area contributed by atoms with Crippen LogP contribution >= 0.6 is 11.3 Å². The van der Waals surface area contributed by atoms with Crippen molar-refractivity contribution in [2.24, 2.45) is 0 Å². The fourth-order valence-corrected chi connectivity index (χ4v) is 5.50. The molecule has 3 N–H and O–H groups in total. The Morgan fingerprint density at radius 3 is 2.86 bits per heavy atom. The molecule has 8 nitrogen and oxygen atoms in total. The van der Waals surface area contributed by atoms with Crippen LogP contribution in [0.25, 0.3) is 10.2 Å². The molecule has 0 spiro atoms. The van der Waals surface area contributed by atoms with Gasteiger partial charge in [-0.1, -0.05) is 0 Å². The lowest BCUT2D eigenvalue weighted by atomic mass is 9.97. The molecule has 29 heavy (non-hydrogen) atoms. The molecule has 0 aromatic carbocycles. The summed E-state index contributed by atoms with van der Waals surface area (Å²) in [6.07, 6.45) is 5.23. The van der Waals surface area contributed by atoms with E-state index < -0.39 is 0 Å². The van der Waals surface area contributed by atoms with Crippen LogP contribution in [0.3, 0.4) is 0 Å². The van der Waals surface area contributed by atoms with Crippen LogP contribution in [0.2, 0.25) is 0 Å². The first kappa shape index (κ1) is 18.3. The van der Waals surface area contributed by atoms with E-state index in [1.807, 2.05) is 24.4 Å². The molecule has 5 heterocycles. The monoisotopic (exact) mass is 408 g/mol. The smallest absolute Gasteiger partial charge is 0.226 e. The van der Waals surface area contributed by atoms with E-state index in [9.17, 15) is 0 Å². The van der Waals surface area contributed by atoms with Crippen LogP contribution in [0.1, 0.15) is 37.8 Å². The molecule has 2 bridgehead atoms. The average molecular weight is 409 g/mol. The molecule has 0 amide bonds. The van der Waals surface area contributed by atoms with Gasteiger partial charge in [-0.15, -0.1) is 11.3 Å². The number of fused-ring (bicyclic) bond motifs is 3. The summed E-state index contributed by atoms with van der Waals surface area (Å²) in [5.41, 5.74) is 1.00. The van der Waals surface area contributed by atoms with E-state index in [-0.39, 0.29) is 0 Å². The van der Waals surface area contributed by atoms with E-state index in [2.05, 4.69) is 31.8 Å². The number of rotatable bonds is 6. The predicted molar refractivity (Wildman–Crippen MR) is 114 cm³/mol. The summed E-state index contributed by atoms with van der Waals surface area (Å²) in [5, 5.41) is 26.1. The maximum Gasteiger partial charge on any atom is 0.226 e. The predicted octanol–water partition coefficient (Wildman–Crippen LogP) is 3.79. The van der Waals surface area contributed by atoms with Gasteiger partial charge in [-0.05, 0) is 44.1 Å². The molecule has 0 aliphatic carbocycles. The molecule has 3 aromatic rings. The van der Waals surface area contributed by atoms with Gasteiger partial charge in [-0.25, -0.2) is 4.98 Å². The van der Waals surface area contributed by atoms with Crippen molar-refractivity contribution >= 4 is 39.1 Å². The third-order valence-electron chi connectivity index (χ3n) is 5.98. The highest BCUT2D eigenvalue weighted by Gasteiger charge is 2.40. The van der Waals surface area contributed by atoms with Crippen LogP contribution in [0, 0.1) is 18.3 Å². The number of aromatic nitrogens is 4. The van der Waals surface area contributed by atoms with Crippen LogP contribution in [0.5, 0.6) is 0 Å². The van der Waals surface area contributed by atoms with E-state index >= 15 is 0 Å². The Morgan fingerprint density at radius 2 is 2.14 bits per heavy atom. The second kappa shape index (κ2) is 7.61. The largest absolute Gasteiger partial charge is 0.351 e. The van der Waals surface area contributed by atoms with Crippen molar-refractivity contribution in [2.45, 2.75) is 57.2 Å². The van der Waals surface area contributed by atoms with Crippen molar-refractivity contribution in [3.63, 3.8) is 0 Å². The molecular weight excluding hydrogens is 384 g/mol. The third-order valence-corrected chi connectivity index (χ3v) is 6.78. The summed E-state index contributed by atoms with van der Waals surface area (Å²) < 4.78 is 0. The van der Waals surface area contributed by atoms with Gasteiger partial charge >= 0.3 is 0 Å². The molecule has 150 valence electrons. The molecule has 2 aliphatic rings. The number of aryl methyl sites for hydroxylation is 1. The Morgan fingerprint density at radius 1 is 1.31 bits per heavy atom. The summed E-state index contributed by atoms with van der Waals surface area (Å²) in [6.45, 7) is 2.87. The average Bonchev–Trinajstić information content (AvgIpc) is 3.39. The number of thiophene rings is 1. The van der Waals surface area contributed by atoms with E-state index in [0.717, 1.165) is 46.9 Å². The van der Waals surface area contributed by atoms with E-state index in [4.69, 9.17) is 15.2 Å². The topological polar surface area (TPSA) is 106 Å². The molecular formula is C20H24N8S. The minimum atomic E-state index is 0.365. The van der Waals surface area contributed by atoms with E-state index in [1.54, 1.807) is 11.3 Å². The Bertz CT molecular complexity index is 1040. The quantitative estimate of drug-likeness (QED) is 0.570. The van der Waals surface area contributed by atoms with Gasteiger partial charge in [-0.3, -0.25) is 10.00 Å². The molecule has 0 saturated carbocycles. The van der Waals surface area contributed by atoms with Crippen molar-refractivity contribution in [3.05, 3.63) is 23.2 Å². The summed E-state index contributed by atoms with van der Waals surface area (Å²) in [5.74, 6) is 2.20. The Balaban J connectivity index is 1.34. The Kier molecular flexibility index (Phi) is 4.81. The number of nitriles is 1. The van der Waals surface area contributed by atoms with Gasteiger partial charge in [-0.2, -0.15) is 15.3 Å². The standard InChI is InChI=1S/C20H24N8S/c1-12-9-17(27-26-12)23-18-16-5-8-29-19(16)25-20(24-18)22-13-10-14-3-4-15(11-13)28(14)7-2-6-21/h5,8-9,13-15H,2-4,7,10-11H2,1H3,(H3,22,23,24,25,26,27)/t13-,14-,15+. The lowest BCUT2D eigenvalue weighted by Gasteiger charge is -2.38. The summed E-state index contributed by atoms with van der Waals surface area (Å²) in [7, 11) is 0. The highest BCUT2D eigenvalue weighted by molar-refractivity contribution is 7.16. The molecule has 2 aliphatic heterocycles. The van der Waals surface area contributed by atoms with Crippen molar-refractivity contribution in [1.29, 1.82) is 5.26 Å². The van der Waals surface area contributed by atoms with Crippen LogP contribution in [0.15, 0.2) is 17.5 Å². The van der Waals surface area contributed by atoms with Gasteiger partial charge in [0.1, 0.15) is 10.6 Å². The maximum absolute atomic E-state index is 8.92. The molecule has 2 saturated heterocycles. The third kappa shape index (κ3) is 3.66. The van der Waals surface area contributed by atoms with E-state index in [1.165, 1.54) is 12.8 Å². The molecule has 0 radical (unpaired) electrons. The van der Waals surface area contributed by atoms with Gasteiger partial charge < -0.3 is 10.6 Å². The molecule has 5 rings (SSSR count). The number of hydrogen-bond donors (Lipinski definition) is 3. The van der Waals surface area contributed by atoms with Gasteiger partial charge in [0.15, 0.2) is 5.82 Å². The first-order chi connectivity index (χ1) is 14.2. The van der Waals surface area contributed by atoms with Crippen molar-refractivity contribution < 1.29 is 0 Å². The van der Waals surface area contributed by atoms with Gasteiger partial charge in [0, 0.05) is 42.9 Å². The number of aromatic amines is 1. The second-order valence-electron chi connectivity index (χ2n) is 7.94. The lowest BCUT2D eigenvalue weighted by molar-refractivity contribution is 0.135. The van der Waals surface area contributed by atoms with Gasteiger partial charge in [0.25, 0.3) is 0 Å². The van der Waals surface area contributed by atoms with Crippen molar-refractivity contribution in [1.82, 2.24) is 25.1 Å². The number of nitrogens with zero attached hydrogens (tertiary/aromatic N) is 5. The Labute approximate surface area is 173 Å². The normalized spacial score (nSPS) is 23.9. The minimum Gasteiger partial charge on any atom is -0.351 e. The molecule has 2 fully saturated rings. The SMILES string of the molecule is Cc1cc(Nc2nc(N[C@@H]3C[C@H]4CC[C@@H](C3)N4CCC#N)nc3sccc23)n[nH]1. The minimum absolute atomic E-state index is 0.365. The number of anilines is 3. The highest BCUT2D eigenvalue weighted by atomic mass is 32.1. The van der Waals surface area contributed by atoms with Crippen molar-refractivity contribution in [3.8, 4) is 6.07 Å². The molecule has 9 heteroatoms. The van der Waals surface area contributed by atoms with Crippen LogP contribution in [-0.4, -0.2) is 49.7 Å². The lowest BCUT2D eigenvalue weighted by Crippen LogP contribution is -2.47. The fraction of sp³-hybridized carbons (Fsp3) is 0.500. The number of nitrogens with one attached hydrogen (secondary N) is 3. The van der Waals surface area contributed by atoms with Crippen LogP contribution in [0.4, 0.5) is 17.6 Å². The summed E-state index contributed by atoms with van der Waals surface area (Å²) >= 11 is 1.62. The molecule has 3 aromatic heterocycles. The first-order valence-corrected chi connectivity index (χ1v) is 11.0. The van der Waals surface area contributed by atoms with Gasteiger partial charge in [0.05, 0.1) is 11.5 Å². The number of piperidine rings is 1. The van der Waals surface area contributed by atoms with Crippen molar-refractivity contribution in [2.75, 3.05) is 17.2 Å². The van der Waals surface area contributed by atoms with Crippen LogP contribution in [-0.2, 0) is 0 Å². The number of H-pyrrole nitrogens is 1. The zero-order valence-corrected chi connectivity index (χ0v) is 17.2. The first-order valence-electron chi connectivity index (χ1n) is 10.1. The number of hydrogen-bond acceptors (Lipinski definition) is 8.